The molecule has 274 valence electrons. The lowest BCUT2D eigenvalue weighted by atomic mass is 10.1. The van der Waals surface area contributed by atoms with Crippen molar-refractivity contribution in [3.63, 3.8) is 0 Å². The highest BCUT2D eigenvalue weighted by Gasteiger charge is 2.18. The second kappa shape index (κ2) is 34.5. The molecule has 0 fully saturated rings. The molecule has 0 spiro atoms. The summed E-state index contributed by atoms with van der Waals surface area (Å²) in [4.78, 5) is 25.4. The summed E-state index contributed by atoms with van der Waals surface area (Å²) in [7, 11) is 0. The predicted octanol–water partition coefficient (Wildman–Crippen LogP) is 14.1. The number of carbonyl (C=O) groups is 2. The third-order valence-electron chi connectivity index (χ3n) is 9.15. The van der Waals surface area contributed by atoms with Gasteiger partial charge in [0.1, 0.15) is 0 Å². The van der Waals surface area contributed by atoms with E-state index in [0.29, 0.717) is 24.3 Å². The van der Waals surface area contributed by atoms with Crippen LogP contribution in [0.4, 0.5) is 0 Å². The molecule has 0 saturated heterocycles. The van der Waals surface area contributed by atoms with Crippen molar-refractivity contribution in [1.29, 1.82) is 0 Å². The van der Waals surface area contributed by atoms with E-state index in [1.165, 1.54) is 154 Å². The van der Waals surface area contributed by atoms with Crippen molar-refractivity contribution in [3.05, 3.63) is 59.7 Å². The molecule has 0 atom stereocenters. The number of hydrogen-bond donors (Lipinski definition) is 0. The SMILES string of the molecule is CCCCCCCCC=CCCCCCCCCOC(=O)c1ccccc1C(=O)OCCCCCCCCC=CCCCCCCCC. The van der Waals surface area contributed by atoms with Gasteiger partial charge in [-0.2, -0.15) is 0 Å². The van der Waals surface area contributed by atoms with Crippen LogP contribution in [0.3, 0.4) is 0 Å². The normalized spacial score (nSPS) is 11.5. The van der Waals surface area contributed by atoms with Gasteiger partial charge in [-0.05, 0) is 76.3 Å². The Morgan fingerprint density at radius 1 is 0.417 bits per heavy atom. The summed E-state index contributed by atoms with van der Waals surface area (Å²) in [5, 5.41) is 0. The average Bonchev–Trinajstić information content (AvgIpc) is 3.10. The van der Waals surface area contributed by atoms with Gasteiger partial charge >= 0.3 is 11.9 Å². The number of benzene rings is 1. The van der Waals surface area contributed by atoms with Crippen LogP contribution < -0.4 is 0 Å². The lowest BCUT2D eigenvalue weighted by molar-refractivity contribution is 0.0450. The van der Waals surface area contributed by atoms with Gasteiger partial charge in [-0.25, -0.2) is 9.59 Å². The van der Waals surface area contributed by atoms with E-state index in [-0.39, 0.29) is 0 Å². The number of carbonyl (C=O) groups excluding carboxylic acids is 2. The molecule has 0 saturated carbocycles. The first-order valence-corrected chi connectivity index (χ1v) is 20.4. The van der Waals surface area contributed by atoms with Crippen molar-refractivity contribution in [2.75, 3.05) is 13.2 Å². The van der Waals surface area contributed by atoms with Crippen molar-refractivity contribution in [2.24, 2.45) is 0 Å². The van der Waals surface area contributed by atoms with E-state index >= 15 is 0 Å². The quantitative estimate of drug-likeness (QED) is 0.0417. The fraction of sp³-hybridized carbons (Fsp3) is 0.727. The molecule has 0 heterocycles. The van der Waals surface area contributed by atoms with Gasteiger partial charge in [0.05, 0.1) is 24.3 Å². The largest absolute Gasteiger partial charge is 0.462 e. The summed E-state index contributed by atoms with van der Waals surface area (Å²) in [6.07, 6.45) is 44.3. The van der Waals surface area contributed by atoms with Gasteiger partial charge < -0.3 is 9.47 Å². The van der Waals surface area contributed by atoms with Crippen LogP contribution in [0.25, 0.3) is 0 Å². The topological polar surface area (TPSA) is 52.6 Å². The lowest BCUT2D eigenvalue weighted by Crippen LogP contribution is -2.15. The van der Waals surface area contributed by atoms with Crippen LogP contribution >= 0.6 is 0 Å². The molecule has 1 aromatic rings. The molecule has 48 heavy (non-hydrogen) atoms. The third-order valence-corrected chi connectivity index (χ3v) is 9.15. The number of ether oxygens (including phenoxy) is 2. The Balaban J connectivity index is 2.03. The highest BCUT2D eigenvalue weighted by Crippen LogP contribution is 2.15. The molecule has 0 unspecified atom stereocenters. The first kappa shape index (κ1) is 43.7. The molecule has 4 nitrogen and oxygen atoms in total. The summed E-state index contributed by atoms with van der Waals surface area (Å²) in [6, 6.07) is 6.85. The van der Waals surface area contributed by atoms with Crippen LogP contribution in [0.5, 0.6) is 0 Å². The van der Waals surface area contributed by atoms with Gasteiger partial charge in [-0.3, -0.25) is 0 Å². The predicted molar refractivity (Wildman–Crippen MR) is 206 cm³/mol. The Bertz CT molecular complexity index is 859. The molecule has 4 heteroatoms. The van der Waals surface area contributed by atoms with Gasteiger partial charge in [0, 0.05) is 0 Å². The number of rotatable bonds is 34. The van der Waals surface area contributed by atoms with Crippen molar-refractivity contribution in [3.8, 4) is 0 Å². The van der Waals surface area contributed by atoms with Crippen molar-refractivity contribution >= 4 is 11.9 Å². The Morgan fingerprint density at radius 3 is 1.00 bits per heavy atom. The number of esters is 2. The van der Waals surface area contributed by atoms with Crippen molar-refractivity contribution in [2.45, 2.75) is 194 Å². The molecule has 0 radical (unpaired) electrons. The molecular formula is C44H74O4. The zero-order valence-electron chi connectivity index (χ0n) is 31.5. The standard InChI is InChI=1S/C44H74O4/c1-3-5-7-9-11-13-15-17-19-21-23-25-27-29-31-35-39-47-43(45)41-37-33-34-38-42(41)44(46)48-40-36-32-30-28-26-24-22-20-18-16-14-12-10-8-6-4-2/h17-20,33-34,37-38H,3-16,21-32,35-36,39-40H2,1-2H3. The Kier molecular flexibility index (Phi) is 31.4. The summed E-state index contributed by atoms with van der Waals surface area (Å²) in [5.41, 5.74) is 0.598. The minimum absolute atomic E-state index is 0.299. The maximum atomic E-state index is 12.7. The van der Waals surface area contributed by atoms with Gasteiger partial charge in [-0.1, -0.05) is 166 Å². The molecule has 0 bridgehead atoms. The highest BCUT2D eigenvalue weighted by atomic mass is 16.5. The molecule has 0 aliphatic carbocycles. The summed E-state index contributed by atoms with van der Waals surface area (Å²) < 4.78 is 11.0. The van der Waals surface area contributed by atoms with E-state index in [1.807, 2.05) is 0 Å². The van der Waals surface area contributed by atoms with Crippen molar-refractivity contribution in [1.82, 2.24) is 0 Å². The molecule has 1 aromatic carbocycles. The molecular weight excluding hydrogens is 592 g/mol. The fourth-order valence-electron chi connectivity index (χ4n) is 6.02. The molecule has 0 aliphatic heterocycles. The molecule has 1 rings (SSSR count). The third kappa shape index (κ3) is 26.6. The minimum Gasteiger partial charge on any atom is -0.462 e. The average molecular weight is 667 g/mol. The molecule has 0 aliphatic rings. The monoisotopic (exact) mass is 667 g/mol. The van der Waals surface area contributed by atoms with Crippen LogP contribution in [0, 0.1) is 0 Å². The molecule has 0 N–H and O–H groups in total. The minimum atomic E-state index is -0.437. The zero-order chi connectivity index (χ0) is 34.6. The van der Waals surface area contributed by atoms with Crippen LogP contribution in [0.15, 0.2) is 48.6 Å². The zero-order valence-corrected chi connectivity index (χ0v) is 31.5. The highest BCUT2D eigenvalue weighted by molar-refractivity contribution is 6.03. The maximum Gasteiger partial charge on any atom is 0.339 e. The van der Waals surface area contributed by atoms with Gasteiger partial charge in [0.2, 0.25) is 0 Å². The Hall–Kier alpha value is -2.36. The number of hydrogen-bond acceptors (Lipinski definition) is 4. The first-order valence-electron chi connectivity index (χ1n) is 20.4. The van der Waals surface area contributed by atoms with Gasteiger partial charge in [-0.15, -0.1) is 0 Å². The maximum absolute atomic E-state index is 12.7. The van der Waals surface area contributed by atoms with E-state index < -0.39 is 11.9 Å². The van der Waals surface area contributed by atoms with E-state index in [4.69, 9.17) is 9.47 Å². The van der Waals surface area contributed by atoms with Crippen LogP contribution in [-0.2, 0) is 9.47 Å². The lowest BCUT2D eigenvalue weighted by Gasteiger charge is -2.10. The number of unbranched alkanes of at least 4 members (excludes halogenated alkanes) is 24. The summed E-state index contributed by atoms with van der Waals surface area (Å²) >= 11 is 0. The van der Waals surface area contributed by atoms with Crippen molar-refractivity contribution < 1.29 is 19.1 Å². The second-order valence-electron chi connectivity index (χ2n) is 13.7. The molecule has 0 amide bonds. The first-order chi connectivity index (χ1) is 23.7. The summed E-state index contributed by atoms with van der Waals surface area (Å²) in [5.74, 6) is -0.875. The smallest absolute Gasteiger partial charge is 0.339 e. The Morgan fingerprint density at radius 2 is 0.688 bits per heavy atom. The van der Waals surface area contributed by atoms with E-state index in [1.54, 1.807) is 24.3 Å². The van der Waals surface area contributed by atoms with E-state index in [2.05, 4.69) is 38.2 Å². The van der Waals surface area contributed by atoms with Gasteiger partial charge in [0.15, 0.2) is 0 Å². The molecule has 0 aromatic heterocycles. The second-order valence-corrected chi connectivity index (χ2v) is 13.7. The van der Waals surface area contributed by atoms with Crippen LogP contribution in [0.1, 0.15) is 214 Å². The Labute approximate surface area is 296 Å². The summed E-state index contributed by atoms with van der Waals surface area (Å²) in [6.45, 7) is 5.31. The number of allylic oxidation sites excluding steroid dienone is 4. The van der Waals surface area contributed by atoms with E-state index in [9.17, 15) is 9.59 Å². The van der Waals surface area contributed by atoms with Crippen LogP contribution in [-0.4, -0.2) is 25.2 Å². The fourth-order valence-corrected chi connectivity index (χ4v) is 6.02. The van der Waals surface area contributed by atoms with Gasteiger partial charge in [0.25, 0.3) is 0 Å². The van der Waals surface area contributed by atoms with E-state index in [0.717, 1.165) is 25.7 Å². The van der Waals surface area contributed by atoms with Crippen LogP contribution in [0.2, 0.25) is 0 Å².